The van der Waals surface area contributed by atoms with E-state index in [4.69, 9.17) is 0 Å². The van der Waals surface area contributed by atoms with Gasteiger partial charge in [-0.1, -0.05) is 158 Å². The number of thiophene rings is 1. The van der Waals surface area contributed by atoms with Gasteiger partial charge >= 0.3 is 0 Å². The molecule has 0 radical (unpaired) electrons. The molecule has 4 aliphatic rings. The average molecular weight is 884 g/mol. The minimum atomic E-state index is -0.530. The number of nitrogens with zero attached hydrogens (tertiary/aromatic N) is 1. The summed E-state index contributed by atoms with van der Waals surface area (Å²) in [6.07, 6.45) is 1.10. The Kier molecular flexibility index (Phi) is 7.36. The SMILES string of the molecule is OC1CCC2c3ccccc3-c3cc(-c4cc5c(cc4-n4c6ccccc6c6cc7c(cc64)-c4ccccc4C74c6ccccc6-c6ccccc64)sc4ccccc45)cc(c32)-c2ccccc21. The lowest BCUT2D eigenvalue weighted by molar-refractivity contribution is 0.163. The highest BCUT2D eigenvalue weighted by atomic mass is 32.1. The molecule has 2 heterocycles. The fourth-order valence-electron chi connectivity index (χ4n) is 13.6. The fourth-order valence-corrected chi connectivity index (χ4v) is 14.8. The van der Waals surface area contributed by atoms with Crippen molar-refractivity contribution in [2.24, 2.45) is 0 Å². The predicted molar refractivity (Wildman–Crippen MR) is 282 cm³/mol. The van der Waals surface area contributed by atoms with Crippen LogP contribution in [-0.4, -0.2) is 9.67 Å². The van der Waals surface area contributed by atoms with Crippen LogP contribution in [0.3, 0.4) is 0 Å². The Balaban J connectivity index is 1.03. The van der Waals surface area contributed by atoms with Crippen LogP contribution in [0.25, 0.3) is 103 Å². The summed E-state index contributed by atoms with van der Waals surface area (Å²) in [5.41, 5.74) is 24.9. The van der Waals surface area contributed by atoms with E-state index in [-0.39, 0.29) is 5.92 Å². The zero-order chi connectivity index (χ0) is 44.4. The van der Waals surface area contributed by atoms with Crippen molar-refractivity contribution >= 4 is 53.3 Å². The minimum absolute atomic E-state index is 0.223. The van der Waals surface area contributed by atoms with Gasteiger partial charge in [0.05, 0.1) is 28.2 Å². The van der Waals surface area contributed by atoms with E-state index in [0.717, 1.165) is 24.0 Å². The summed E-state index contributed by atoms with van der Waals surface area (Å²) in [5, 5.41) is 16.9. The number of fused-ring (bicyclic) bond motifs is 21. The highest BCUT2D eigenvalue weighted by Gasteiger charge is 2.52. The van der Waals surface area contributed by atoms with Crippen molar-refractivity contribution in [3.63, 3.8) is 0 Å². The Morgan fingerprint density at radius 2 is 0.971 bits per heavy atom. The lowest BCUT2D eigenvalue weighted by Crippen LogP contribution is -2.25. The molecule has 2 aromatic heterocycles. The van der Waals surface area contributed by atoms with Crippen LogP contribution in [0.5, 0.6) is 0 Å². The van der Waals surface area contributed by atoms with Gasteiger partial charge in [-0.25, -0.2) is 0 Å². The third kappa shape index (κ3) is 4.65. The van der Waals surface area contributed by atoms with Crippen LogP contribution in [0.1, 0.15) is 63.8 Å². The summed E-state index contributed by atoms with van der Waals surface area (Å²) in [6, 6.07) is 77.9. The molecule has 2 unspecified atom stereocenters. The lowest BCUT2D eigenvalue weighted by atomic mass is 9.70. The van der Waals surface area contributed by atoms with Gasteiger partial charge in [0.1, 0.15) is 0 Å². The summed E-state index contributed by atoms with van der Waals surface area (Å²) >= 11 is 1.88. The number of rotatable bonds is 2. The minimum Gasteiger partial charge on any atom is -0.388 e. The number of para-hydroxylation sites is 1. The molecule has 0 aliphatic heterocycles. The van der Waals surface area contributed by atoms with Gasteiger partial charge in [0.2, 0.25) is 0 Å². The van der Waals surface area contributed by atoms with E-state index in [0.29, 0.717) is 0 Å². The molecule has 1 N–H and O–H groups in total. The zero-order valence-electron chi connectivity index (χ0n) is 37.0. The van der Waals surface area contributed by atoms with Gasteiger partial charge in [-0.2, -0.15) is 0 Å². The molecule has 2 atom stereocenters. The highest BCUT2D eigenvalue weighted by Crippen LogP contribution is 2.64. The Labute approximate surface area is 397 Å². The monoisotopic (exact) mass is 883 g/mol. The molecular formula is C65H41NOS. The van der Waals surface area contributed by atoms with Gasteiger partial charge in [-0.3, -0.25) is 0 Å². The molecule has 4 aliphatic carbocycles. The van der Waals surface area contributed by atoms with Crippen molar-refractivity contribution in [3.8, 4) is 61.3 Å². The Hall–Kier alpha value is -7.82. The smallest absolute Gasteiger partial charge is 0.0796 e. The summed E-state index contributed by atoms with van der Waals surface area (Å²) in [6.45, 7) is 0. The molecule has 0 amide bonds. The van der Waals surface area contributed by atoms with E-state index in [1.165, 1.54) is 131 Å². The van der Waals surface area contributed by atoms with Gasteiger partial charge in [0.25, 0.3) is 0 Å². The molecule has 0 saturated heterocycles. The number of hydrogen-bond donors (Lipinski definition) is 1. The van der Waals surface area contributed by atoms with Crippen LogP contribution in [0.2, 0.25) is 0 Å². The van der Waals surface area contributed by atoms with E-state index in [1.54, 1.807) is 0 Å². The number of aliphatic hydroxyl groups excluding tert-OH is 1. The van der Waals surface area contributed by atoms with E-state index in [2.05, 4.69) is 211 Å². The fraction of sp³-hybridized carbons (Fsp3) is 0.0769. The molecule has 0 bridgehead atoms. The maximum absolute atomic E-state index is 11.8. The van der Waals surface area contributed by atoms with Crippen LogP contribution >= 0.6 is 11.3 Å². The molecular weight excluding hydrogens is 843 g/mol. The Bertz CT molecular complexity index is 4160. The molecule has 3 heteroatoms. The standard InChI is InChI=1S/C65H41NOS/c67-61-30-29-47-38-15-1-2-16-39(38)52-31-37(32-53(64(47)52)40-17-3-4-22-45(40)61)48-33-51-46-23-9-14-28-62(46)68-63(51)36-60(48)66-58-27-13-8-21-44(58)50-34-57-49(35-59(50)66)43-20-7-12-26-56(43)65(57)54-24-10-5-18-41(54)42-19-6-11-25-55(42)65/h1-28,31-36,47,61,67H,29-30H2. The first-order valence-electron chi connectivity index (χ1n) is 24.0. The molecule has 2 nitrogen and oxygen atoms in total. The van der Waals surface area contributed by atoms with E-state index < -0.39 is 11.5 Å². The molecule has 0 saturated carbocycles. The van der Waals surface area contributed by atoms with Crippen LogP contribution in [0, 0.1) is 0 Å². The second-order valence-corrected chi connectivity index (χ2v) is 20.5. The molecule has 318 valence electrons. The number of aliphatic hydroxyl groups is 1. The maximum Gasteiger partial charge on any atom is 0.0796 e. The highest BCUT2D eigenvalue weighted by molar-refractivity contribution is 7.25. The van der Waals surface area contributed by atoms with Crippen molar-refractivity contribution in [2.75, 3.05) is 0 Å². The van der Waals surface area contributed by atoms with E-state index in [1.807, 2.05) is 11.3 Å². The summed E-state index contributed by atoms with van der Waals surface area (Å²) in [4.78, 5) is 0. The molecule has 1 spiro atoms. The zero-order valence-corrected chi connectivity index (χ0v) is 37.8. The first-order valence-corrected chi connectivity index (χ1v) is 24.8. The Morgan fingerprint density at radius 3 is 1.69 bits per heavy atom. The normalized spacial score (nSPS) is 16.6. The third-order valence-corrected chi connectivity index (χ3v) is 17.5. The number of aromatic nitrogens is 1. The molecule has 0 fully saturated rings. The number of benzene rings is 10. The quantitative estimate of drug-likeness (QED) is 0.184. The van der Waals surface area contributed by atoms with Gasteiger partial charge in [-0.05, 0) is 150 Å². The van der Waals surface area contributed by atoms with Gasteiger partial charge in [0.15, 0.2) is 0 Å². The summed E-state index contributed by atoms with van der Waals surface area (Å²) < 4.78 is 5.15. The lowest BCUT2D eigenvalue weighted by Gasteiger charge is -2.30. The third-order valence-electron chi connectivity index (χ3n) is 16.3. The predicted octanol–water partition coefficient (Wildman–Crippen LogP) is 16.8. The molecule has 10 aromatic carbocycles. The van der Waals surface area contributed by atoms with Crippen LogP contribution in [-0.2, 0) is 5.41 Å². The summed E-state index contributed by atoms with van der Waals surface area (Å²) in [7, 11) is 0. The van der Waals surface area contributed by atoms with Gasteiger partial charge < -0.3 is 9.67 Å². The van der Waals surface area contributed by atoms with E-state index in [9.17, 15) is 5.11 Å². The van der Waals surface area contributed by atoms with E-state index >= 15 is 0 Å². The van der Waals surface area contributed by atoms with Crippen LogP contribution in [0.15, 0.2) is 206 Å². The second kappa shape index (κ2) is 13.4. The van der Waals surface area contributed by atoms with Crippen molar-refractivity contribution in [2.45, 2.75) is 30.3 Å². The molecule has 12 aromatic rings. The second-order valence-electron chi connectivity index (χ2n) is 19.4. The molecule has 68 heavy (non-hydrogen) atoms. The first kappa shape index (κ1) is 37.3. The van der Waals surface area contributed by atoms with Gasteiger partial charge in [-0.15, -0.1) is 11.3 Å². The van der Waals surface area contributed by atoms with Crippen molar-refractivity contribution in [1.29, 1.82) is 0 Å². The Morgan fingerprint density at radius 1 is 0.397 bits per heavy atom. The van der Waals surface area contributed by atoms with Crippen molar-refractivity contribution in [3.05, 3.63) is 245 Å². The van der Waals surface area contributed by atoms with Crippen molar-refractivity contribution in [1.82, 2.24) is 4.57 Å². The topological polar surface area (TPSA) is 25.2 Å². The maximum atomic E-state index is 11.8. The van der Waals surface area contributed by atoms with Crippen LogP contribution < -0.4 is 0 Å². The number of hydrogen-bond acceptors (Lipinski definition) is 2. The molecule has 16 rings (SSSR count). The first-order chi connectivity index (χ1) is 33.6. The van der Waals surface area contributed by atoms with Crippen molar-refractivity contribution < 1.29 is 5.11 Å². The van der Waals surface area contributed by atoms with Crippen LogP contribution in [0.4, 0.5) is 0 Å². The largest absolute Gasteiger partial charge is 0.388 e. The summed E-state index contributed by atoms with van der Waals surface area (Å²) in [5.74, 6) is 0.223. The van der Waals surface area contributed by atoms with Gasteiger partial charge in [0, 0.05) is 42.4 Å². The average Bonchev–Trinajstić information content (AvgIpc) is 4.17.